The number of rotatable bonds is 1. The van der Waals surface area contributed by atoms with Crippen molar-refractivity contribution >= 4 is 0 Å². The zero-order chi connectivity index (χ0) is 3.41. The molecule has 0 atom stereocenters. The molecule has 0 bridgehead atoms. The molecule has 1 radical (unpaired) electrons. The fourth-order valence-electron chi connectivity index (χ4n) is 0. The van der Waals surface area contributed by atoms with E-state index in [0.717, 1.165) is 0 Å². The molecule has 0 saturated heterocycles. The van der Waals surface area contributed by atoms with E-state index < -0.39 is 0 Å². The van der Waals surface area contributed by atoms with Crippen molar-refractivity contribution in [1.82, 2.24) is 5.53 Å². The highest BCUT2D eigenvalue weighted by Gasteiger charge is 1.41. The molecule has 4 heavy (non-hydrogen) atoms. The summed E-state index contributed by atoms with van der Waals surface area (Å²) >= 11 is 0. The van der Waals surface area contributed by atoms with Crippen LogP contribution in [0.1, 0.15) is 0 Å². The van der Waals surface area contributed by atoms with Crippen LogP contribution in [0.2, 0.25) is 0 Å². The summed E-state index contributed by atoms with van der Waals surface area (Å²) in [7, 11) is 0. The predicted molar refractivity (Wildman–Crippen MR) is 11.5 cm³/mol. The first kappa shape index (κ1) is 3.36. The summed E-state index contributed by atoms with van der Waals surface area (Å²) in [5, 5.41) is 2.39. The van der Waals surface area contributed by atoms with E-state index in [4.69, 9.17) is 5.53 Å². The van der Waals surface area contributed by atoms with Gasteiger partial charge < -0.3 is 0 Å². The van der Waals surface area contributed by atoms with Crippen LogP contribution >= 0.6 is 0 Å². The average Bonchev–Trinajstić information content (AvgIpc) is 1.37. The topological polar surface area (TPSA) is 76.3 Å². The van der Waals surface area contributed by atoms with Crippen LogP contribution in [0.3, 0.4) is 0 Å². The quantitative estimate of drug-likeness (QED) is 0.236. The van der Waals surface area contributed by atoms with E-state index in [1.165, 1.54) is 0 Å². The average molecular weight is 59.1 g/mol. The summed E-state index contributed by atoms with van der Waals surface area (Å²) in [6.07, 6.45) is 0. The lowest BCUT2D eigenvalue weighted by Crippen LogP contribution is -2.01. The molecule has 0 unspecified atom stereocenters. The fraction of sp³-hybridized carbons (Fsp3) is 0. The molecule has 3 N–H and O–H groups in total. The second-order valence-corrected chi connectivity index (χ2v) is 0.215. The van der Waals surface area contributed by atoms with Crippen molar-refractivity contribution < 1.29 is 0 Å². The normalized spacial score (nSPS) is 5.25. The van der Waals surface area contributed by atoms with E-state index >= 15 is 0 Å². The Morgan fingerprint density at radius 2 is 2.00 bits per heavy atom. The van der Waals surface area contributed by atoms with Gasteiger partial charge >= 0.3 is 0 Å². The molecule has 0 spiro atoms. The number of hydrogen-bond donors (Lipinski definition) is 2. The van der Waals surface area contributed by atoms with Gasteiger partial charge in [-0.15, -0.1) is 0 Å². The Bertz CT molecular complexity index is 14.0. The maximum Gasteiger partial charge on any atom is -0.0395 e. The monoisotopic (exact) mass is 59.0 g/mol. The van der Waals surface area contributed by atoms with E-state index in [0.29, 0.717) is 0 Å². The number of nitrogens with zero attached hydrogens (tertiary/aromatic N) is 2. The third kappa shape index (κ3) is 1.36. The van der Waals surface area contributed by atoms with Gasteiger partial charge in [0.2, 0.25) is 0 Å². The molecule has 0 heterocycles. The fourth-order valence-corrected chi connectivity index (χ4v) is 0. The van der Waals surface area contributed by atoms with Gasteiger partial charge in [-0.1, -0.05) is 5.53 Å². The maximum atomic E-state index is 5.78. The summed E-state index contributed by atoms with van der Waals surface area (Å²) in [4.78, 5) is 0. The Morgan fingerprint density at radius 1 is 1.75 bits per heavy atom. The Balaban J connectivity index is 2.30. The molecule has 0 aliphatic heterocycles. The Labute approximate surface area is 23.4 Å². The minimum atomic E-state index is 2.39. The van der Waals surface area contributed by atoms with Crippen molar-refractivity contribution in [2.24, 2.45) is 11.1 Å². The van der Waals surface area contributed by atoms with Crippen molar-refractivity contribution in [2.75, 3.05) is 0 Å². The maximum absolute atomic E-state index is 5.78. The van der Waals surface area contributed by atoms with Gasteiger partial charge in [0.05, 0.1) is 0 Å². The Morgan fingerprint density at radius 3 is 2.00 bits per heavy atom. The smallest absolute Gasteiger partial charge is 0.0395 e. The van der Waals surface area contributed by atoms with Crippen molar-refractivity contribution in [3.8, 4) is 0 Å². The van der Waals surface area contributed by atoms with E-state index in [2.05, 4.69) is 16.6 Å². The molecule has 0 aliphatic rings. The molecule has 0 aromatic rings. The third-order valence-corrected chi connectivity index (χ3v) is 0.0577. The van der Waals surface area contributed by atoms with Gasteiger partial charge in [-0.25, -0.2) is 5.84 Å². The highest BCUT2D eigenvalue weighted by atomic mass is 15.5. The molecule has 0 aliphatic carbocycles. The number of nitrogens with two attached hydrogens (primary N) is 1. The SMILES string of the molecule is N=N[N]N. The van der Waals surface area contributed by atoms with Crippen LogP contribution in [-0.4, -0.2) is 0 Å². The highest BCUT2D eigenvalue weighted by molar-refractivity contribution is 3.75. The van der Waals surface area contributed by atoms with Gasteiger partial charge in [0.15, 0.2) is 0 Å². The van der Waals surface area contributed by atoms with Crippen LogP contribution in [0.5, 0.6) is 0 Å². The minimum Gasteiger partial charge on any atom is -0.206 e. The lowest BCUT2D eigenvalue weighted by molar-refractivity contribution is 0.699. The summed E-state index contributed by atoms with van der Waals surface area (Å²) in [5.74, 6) is 4.30. The van der Waals surface area contributed by atoms with Crippen molar-refractivity contribution in [2.45, 2.75) is 0 Å². The molecule has 0 aromatic heterocycles. The van der Waals surface area contributed by atoms with Crippen LogP contribution in [0, 0.1) is 5.53 Å². The molecular formula is H3N4. The van der Waals surface area contributed by atoms with Crippen LogP contribution in [0.4, 0.5) is 0 Å². The Kier molecular flexibility index (Phi) is 1.98. The first-order chi connectivity index (χ1) is 1.91. The summed E-state index contributed by atoms with van der Waals surface area (Å²) in [6.45, 7) is 0. The molecule has 0 rings (SSSR count). The molecule has 23 valence electrons. The molecule has 0 aromatic carbocycles. The van der Waals surface area contributed by atoms with Gasteiger partial charge in [-0.2, -0.15) is 5.53 Å². The summed E-state index contributed by atoms with van der Waals surface area (Å²) in [6, 6.07) is 0. The lowest BCUT2D eigenvalue weighted by Gasteiger charge is -1.61. The van der Waals surface area contributed by atoms with E-state index in [9.17, 15) is 0 Å². The van der Waals surface area contributed by atoms with E-state index in [1.807, 2.05) is 0 Å². The van der Waals surface area contributed by atoms with Crippen LogP contribution < -0.4 is 11.4 Å². The molecule has 0 saturated carbocycles. The highest BCUT2D eigenvalue weighted by Crippen LogP contribution is 1.32. The van der Waals surface area contributed by atoms with Crippen LogP contribution in [0.25, 0.3) is 0 Å². The Hall–Kier alpha value is -0.640. The number of nitrogens with one attached hydrogen (secondary N) is 1. The minimum absolute atomic E-state index is 2.39. The number of hydrogen-bond acceptors (Lipinski definition) is 3. The van der Waals surface area contributed by atoms with Crippen molar-refractivity contribution in [3.63, 3.8) is 0 Å². The first-order valence-corrected chi connectivity index (χ1v) is 0.682. The predicted octanol–water partition coefficient (Wildman–Crippen LogP) is -0.590. The van der Waals surface area contributed by atoms with Gasteiger partial charge in [0, 0.05) is 0 Å². The zero-order valence-electron chi connectivity index (χ0n) is 1.97. The van der Waals surface area contributed by atoms with Crippen LogP contribution in [-0.2, 0) is 0 Å². The van der Waals surface area contributed by atoms with Crippen LogP contribution in [0.15, 0.2) is 5.22 Å². The second-order valence-electron chi connectivity index (χ2n) is 0.215. The molecule has 4 heteroatoms. The van der Waals surface area contributed by atoms with E-state index in [1.54, 1.807) is 0 Å². The lowest BCUT2D eigenvalue weighted by atomic mass is 12.5. The first-order valence-electron chi connectivity index (χ1n) is 0.682. The molecule has 4 nitrogen and oxygen atoms in total. The molecular weight excluding hydrogens is 56.0 g/mol. The van der Waals surface area contributed by atoms with E-state index in [-0.39, 0.29) is 0 Å². The largest absolute Gasteiger partial charge is 0.206 e. The van der Waals surface area contributed by atoms with Crippen molar-refractivity contribution in [1.29, 1.82) is 5.53 Å². The zero-order valence-corrected chi connectivity index (χ0v) is 1.97. The molecule has 0 fully saturated rings. The van der Waals surface area contributed by atoms with Gasteiger partial charge in [0.1, 0.15) is 0 Å². The second kappa shape index (κ2) is 2.36. The standard InChI is InChI=1S/H3N4/c1-3-4-2/h1H,2H2. The third-order valence-electron chi connectivity index (χ3n) is 0.0577. The van der Waals surface area contributed by atoms with Gasteiger partial charge in [-0.3, -0.25) is 0 Å². The van der Waals surface area contributed by atoms with Gasteiger partial charge in [-0.05, 0) is 5.22 Å². The van der Waals surface area contributed by atoms with Crippen molar-refractivity contribution in [3.05, 3.63) is 0 Å². The molecule has 0 amide bonds. The summed E-state index contributed by atoms with van der Waals surface area (Å²) < 4.78 is 0. The van der Waals surface area contributed by atoms with Gasteiger partial charge in [0.25, 0.3) is 0 Å². The summed E-state index contributed by atoms with van der Waals surface area (Å²) in [5.41, 5.74) is 8.31.